The second kappa shape index (κ2) is 11.2. The number of hydrogen-bond donors (Lipinski definition) is 2. The summed E-state index contributed by atoms with van der Waals surface area (Å²) < 4.78 is 33.6. The standard InChI is InChI=1S/C28H29ClF2N4O6/c1-27(2,39)11-22(36)34-15-35(26(38)28(3,4)40)20-8-5-16(9-21(20)34)12-33-14-32-24(23(29)25(33)37)41-13-17-6-7-18(30)10-19(17)31/h5-10,14,39-40H,11-13,15H2,1-4H3. The van der Waals surface area contributed by atoms with Crippen molar-refractivity contribution >= 4 is 34.8 Å². The maximum absolute atomic E-state index is 13.9. The molecular formula is C28H29ClF2N4O6. The first kappa shape index (κ1) is 30.1. The van der Waals surface area contributed by atoms with Crippen molar-refractivity contribution in [2.75, 3.05) is 16.5 Å². The summed E-state index contributed by atoms with van der Waals surface area (Å²) in [7, 11) is 0. The molecule has 218 valence electrons. The second-order valence-corrected chi connectivity index (χ2v) is 11.3. The van der Waals surface area contributed by atoms with Crippen LogP contribution in [0.4, 0.5) is 20.2 Å². The number of anilines is 2. The fraction of sp³-hybridized carbons (Fsp3) is 0.357. The van der Waals surface area contributed by atoms with Crippen molar-refractivity contribution in [3.05, 3.63) is 80.9 Å². The average molecular weight is 591 g/mol. The van der Waals surface area contributed by atoms with E-state index in [1.165, 1.54) is 54.5 Å². The fourth-order valence-corrected chi connectivity index (χ4v) is 4.44. The van der Waals surface area contributed by atoms with Crippen LogP contribution in [0.3, 0.4) is 0 Å². The van der Waals surface area contributed by atoms with Crippen molar-refractivity contribution in [1.29, 1.82) is 0 Å². The van der Waals surface area contributed by atoms with Crippen molar-refractivity contribution in [3.8, 4) is 5.88 Å². The predicted molar refractivity (Wildman–Crippen MR) is 147 cm³/mol. The van der Waals surface area contributed by atoms with Gasteiger partial charge in [0.05, 0.1) is 29.9 Å². The van der Waals surface area contributed by atoms with Crippen LogP contribution in [0.15, 0.2) is 47.5 Å². The highest BCUT2D eigenvalue weighted by atomic mass is 35.5. The number of benzene rings is 2. The first-order chi connectivity index (χ1) is 19.0. The van der Waals surface area contributed by atoms with Gasteiger partial charge in [0.15, 0.2) is 5.02 Å². The number of nitrogens with zero attached hydrogens (tertiary/aromatic N) is 4. The Bertz CT molecular complexity index is 1560. The maximum Gasteiger partial charge on any atom is 0.276 e. The van der Waals surface area contributed by atoms with E-state index in [1.807, 2.05) is 0 Å². The Balaban J connectivity index is 1.60. The highest BCUT2D eigenvalue weighted by molar-refractivity contribution is 6.31. The van der Waals surface area contributed by atoms with Gasteiger partial charge in [-0.3, -0.25) is 28.8 Å². The Kier molecular flexibility index (Phi) is 8.21. The molecule has 2 N–H and O–H groups in total. The Morgan fingerprint density at radius 3 is 2.39 bits per heavy atom. The number of amides is 2. The highest BCUT2D eigenvalue weighted by Gasteiger charge is 2.40. The van der Waals surface area contributed by atoms with Gasteiger partial charge in [-0.2, -0.15) is 0 Å². The van der Waals surface area contributed by atoms with Crippen LogP contribution in [0.1, 0.15) is 45.2 Å². The zero-order valence-corrected chi connectivity index (χ0v) is 23.6. The molecule has 3 aromatic rings. The molecule has 0 atom stereocenters. The largest absolute Gasteiger partial charge is 0.471 e. The van der Waals surface area contributed by atoms with Crippen LogP contribution in [-0.2, 0) is 22.7 Å². The molecule has 2 heterocycles. The Morgan fingerprint density at radius 2 is 1.76 bits per heavy atom. The van der Waals surface area contributed by atoms with Crippen molar-refractivity contribution < 1.29 is 33.3 Å². The van der Waals surface area contributed by atoms with Gasteiger partial charge >= 0.3 is 0 Å². The summed E-state index contributed by atoms with van der Waals surface area (Å²) >= 11 is 6.19. The number of carbonyl (C=O) groups is 2. The van der Waals surface area contributed by atoms with E-state index in [1.54, 1.807) is 18.2 Å². The SMILES string of the molecule is CC(C)(O)CC(=O)N1CN(C(=O)C(C)(C)O)c2ccc(Cn3cnc(OCc4ccc(F)cc4F)c(Cl)c3=O)cc21. The summed E-state index contributed by atoms with van der Waals surface area (Å²) in [5.41, 5.74) is -2.30. The summed E-state index contributed by atoms with van der Waals surface area (Å²) in [5.74, 6) is -2.84. The van der Waals surface area contributed by atoms with E-state index in [2.05, 4.69) is 4.98 Å². The molecule has 1 aliphatic rings. The van der Waals surface area contributed by atoms with E-state index in [4.69, 9.17) is 16.3 Å². The minimum absolute atomic E-state index is 0.0152. The van der Waals surface area contributed by atoms with Gasteiger partial charge in [-0.15, -0.1) is 0 Å². The molecule has 1 aliphatic heterocycles. The van der Waals surface area contributed by atoms with Gasteiger partial charge < -0.3 is 14.9 Å². The maximum atomic E-state index is 13.9. The summed E-state index contributed by atoms with van der Waals surface area (Å²) in [6.45, 7) is 5.16. The molecule has 0 bridgehead atoms. The molecule has 0 saturated heterocycles. The Labute approximate surface area is 239 Å². The quantitative estimate of drug-likeness (QED) is 0.412. The smallest absolute Gasteiger partial charge is 0.276 e. The van der Waals surface area contributed by atoms with Crippen molar-refractivity contribution in [2.24, 2.45) is 0 Å². The minimum atomic E-state index is -1.70. The molecule has 0 aliphatic carbocycles. The summed E-state index contributed by atoms with van der Waals surface area (Å²) in [6.07, 6.45) is 0.975. The predicted octanol–water partition coefficient (Wildman–Crippen LogP) is 3.37. The molecular weight excluding hydrogens is 562 g/mol. The number of carbonyl (C=O) groups excluding carboxylic acids is 2. The van der Waals surface area contributed by atoms with E-state index in [0.29, 0.717) is 23.0 Å². The Hall–Kier alpha value is -3.87. The number of halogens is 3. The van der Waals surface area contributed by atoms with E-state index in [9.17, 15) is 33.4 Å². The van der Waals surface area contributed by atoms with Gasteiger partial charge in [-0.1, -0.05) is 17.7 Å². The third kappa shape index (κ3) is 6.72. The third-order valence-electron chi connectivity index (χ3n) is 6.24. The first-order valence-electron chi connectivity index (χ1n) is 12.6. The lowest BCUT2D eigenvalue weighted by Crippen LogP contribution is -2.48. The van der Waals surface area contributed by atoms with Crippen LogP contribution in [0.25, 0.3) is 0 Å². The average Bonchev–Trinajstić information content (AvgIpc) is 3.24. The van der Waals surface area contributed by atoms with Gasteiger partial charge in [-0.25, -0.2) is 13.8 Å². The zero-order chi connectivity index (χ0) is 30.3. The fourth-order valence-electron chi connectivity index (χ4n) is 4.23. The monoisotopic (exact) mass is 590 g/mol. The van der Waals surface area contributed by atoms with Crippen LogP contribution < -0.4 is 20.1 Å². The van der Waals surface area contributed by atoms with E-state index in [0.717, 1.165) is 6.07 Å². The molecule has 10 nitrogen and oxygen atoms in total. The number of aliphatic hydroxyl groups is 2. The molecule has 2 aromatic carbocycles. The van der Waals surface area contributed by atoms with Gasteiger partial charge in [-0.05, 0) is 57.5 Å². The molecule has 0 saturated carbocycles. The molecule has 0 spiro atoms. The lowest BCUT2D eigenvalue weighted by Gasteiger charge is -2.26. The van der Waals surface area contributed by atoms with Gasteiger partial charge in [0.25, 0.3) is 11.5 Å². The number of rotatable bonds is 8. The number of hydrogen-bond acceptors (Lipinski definition) is 7. The lowest BCUT2D eigenvalue weighted by molar-refractivity contribution is -0.133. The molecule has 0 unspecified atom stereocenters. The molecule has 41 heavy (non-hydrogen) atoms. The molecule has 13 heteroatoms. The summed E-state index contributed by atoms with van der Waals surface area (Å²) in [4.78, 5) is 45.6. The molecule has 4 rings (SSSR count). The van der Waals surface area contributed by atoms with E-state index < -0.39 is 40.2 Å². The van der Waals surface area contributed by atoms with E-state index in [-0.39, 0.29) is 42.7 Å². The lowest BCUT2D eigenvalue weighted by atomic mass is 10.0. The topological polar surface area (TPSA) is 125 Å². The second-order valence-electron chi connectivity index (χ2n) is 10.9. The number of fused-ring (bicyclic) bond motifs is 1. The van der Waals surface area contributed by atoms with Crippen molar-refractivity contribution in [1.82, 2.24) is 9.55 Å². The van der Waals surface area contributed by atoms with Gasteiger partial charge in [0.1, 0.15) is 36.8 Å². The van der Waals surface area contributed by atoms with Crippen molar-refractivity contribution in [2.45, 2.75) is 58.5 Å². The minimum Gasteiger partial charge on any atom is -0.471 e. The highest BCUT2D eigenvalue weighted by Crippen LogP contribution is 2.39. The molecule has 1 aromatic heterocycles. The van der Waals surface area contributed by atoms with Crippen LogP contribution in [0.2, 0.25) is 5.02 Å². The summed E-state index contributed by atoms with van der Waals surface area (Å²) in [5, 5.41) is 20.1. The van der Waals surface area contributed by atoms with Crippen LogP contribution >= 0.6 is 11.6 Å². The molecule has 0 fully saturated rings. The van der Waals surface area contributed by atoms with Gasteiger partial charge in [0.2, 0.25) is 11.8 Å². The Morgan fingerprint density at radius 1 is 1.05 bits per heavy atom. The number of aromatic nitrogens is 2. The van der Waals surface area contributed by atoms with Crippen LogP contribution in [-0.4, -0.2) is 49.4 Å². The van der Waals surface area contributed by atoms with Crippen LogP contribution in [0, 0.1) is 11.6 Å². The number of ether oxygens (including phenoxy) is 1. The van der Waals surface area contributed by atoms with Crippen molar-refractivity contribution in [3.63, 3.8) is 0 Å². The molecule has 2 amide bonds. The normalized spacial score (nSPS) is 13.4. The van der Waals surface area contributed by atoms with Gasteiger partial charge in [0, 0.05) is 11.6 Å². The van der Waals surface area contributed by atoms with E-state index >= 15 is 0 Å². The summed E-state index contributed by atoms with van der Waals surface area (Å²) in [6, 6.07) is 7.86. The first-order valence-corrected chi connectivity index (χ1v) is 12.9. The zero-order valence-electron chi connectivity index (χ0n) is 22.8. The third-order valence-corrected chi connectivity index (χ3v) is 6.56. The van der Waals surface area contributed by atoms with Crippen LogP contribution in [0.5, 0.6) is 5.88 Å². The molecule has 0 radical (unpaired) electrons.